The van der Waals surface area contributed by atoms with Gasteiger partial charge in [-0.2, -0.15) is 0 Å². The molecule has 0 aliphatic heterocycles. The van der Waals surface area contributed by atoms with Gasteiger partial charge in [-0.05, 0) is 43.5 Å². The number of rotatable bonds is 5. The SMILES string of the molecule is CCNC(=NCC(O)c1cc(Cl)cc(Cl)c1)NC1CC1. The largest absolute Gasteiger partial charge is 0.386 e. The molecular formula is C14H19Cl2N3O. The van der Waals surface area contributed by atoms with Crippen LogP contribution < -0.4 is 10.6 Å². The summed E-state index contributed by atoms with van der Waals surface area (Å²) in [6, 6.07) is 5.57. The predicted octanol–water partition coefficient (Wildman–Crippen LogP) is 2.74. The number of aliphatic hydroxyl groups excluding tert-OH is 1. The van der Waals surface area contributed by atoms with Crippen molar-refractivity contribution in [1.82, 2.24) is 10.6 Å². The summed E-state index contributed by atoms with van der Waals surface area (Å²) in [5, 5.41) is 17.6. The molecule has 1 aromatic rings. The Morgan fingerprint density at radius 2 is 2.00 bits per heavy atom. The van der Waals surface area contributed by atoms with Crippen molar-refractivity contribution >= 4 is 29.2 Å². The molecule has 1 unspecified atom stereocenters. The zero-order valence-electron chi connectivity index (χ0n) is 11.4. The van der Waals surface area contributed by atoms with Gasteiger partial charge in [-0.1, -0.05) is 23.2 Å². The fraction of sp³-hybridized carbons (Fsp3) is 0.500. The molecule has 0 amide bonds. The molecule has 1 fully saturated rings. The lowest BCUT2D eigenvalue weighted by Gasteiger charge is -2.13. The molecule has 0 bridgehead atoms. The first kappa shape index (κ1) is 15.4. The lowest BCUT2D eigenvalue weighted by atomic mass is 10.1. The minimum atomic E-state index is -0.721. The summed E-state index contributed by atoms with van der Waals surface area (Å²) in [4.78, 5) is 4.39. The molecular weight excluding hydrogens is 297 g/mol. The highest BCUT2D eigenvalue weighted by Gasteiger charge is 2.22. The van der Waals surface area contributed by atoms with Crippen LogP contribution >= 0.6 is 23.2 Å². The van der Waals surface area contributed by atoms with Gasteiger partial charge in [0.25, 0.3) is 0 Å². The van der Waals surface area contributed by atoms with Crippen molar-refractivity contribution in [2.75, 3.05) is 13.1 Å². The zero-order valence-corrected chi connectivity index (χ0v) is 12.9. The van der Waals surface area contributed by atoms with Crippen LogP contribution in [0.25, 0.3) is 0 Å². The van der Waals surface area contributed by atoms with Crippen molar-refractivity contribution in [1.29, 1.82) is 0 Å². The third kappa shape index (κ3) is 4.85. The van der Waals surface area contributed by atoms with Crippen LogP contribution in [0.3, 0.4) is 0 Å². The molecule has 0 heterocycles. The van der Waals surface area contributed by atoms with Crippen molar-refractivity contribution in [3.05, 3.63) is 33.8 Å². The monoisotopic (exact) mass is 315 g/mol. The Labute approximate surface area is 129 Å². The molecule has 1 aromatic carbocycles. The summed E-state index contributed by atoms with van der Waals surface area (Å²) in [6.45, 7) is 3.06. The maximum Gasteiger partial charge on any atom is 0.191 e. The lowest BCUT2D eigenvalue weighted by molar-refractivity contribution is 0.187. The second-order valence-corrected chi connectivity index (χ2v) is 5.73. The van der Waals surface area contributed by atoms with Crippen molar-refractivity contribution in [2.24, 2.45) is 4.99 Å². The quantitative estimate of drug-likeness (QED) is 0.578. The minimum Gasteiger partial charge on any atom is -0.386 e. The van der Waals surface area contributed by atoms with Gasteiger partial charge in [-0.3, -0.25) is 4.99 Å². The third-order valence-electron chi connectivity index (χ3n) is 2.95. The minimum absolute atomic E-state index is 0.263. The highest BCUT2D eigenvalue weighted by Crippen LogP contribution is 2.24. The smallest absolute Gasteiger partial charge is 0.191 e. The number of guanidine groups is 1. The maximum atomic E-state index is 10.2. The second-order valence-electron chi connectivity index (χ2n) is 4.86. The van der Waals surface area contributed by atoms with Crippen LogP contribution in [-0.4, -0.2) is 30.2 Å². The number of aliphatic imine (C=N–C) groups is 1. The molecule has 4 nitrogen and oxygen atoms in total. The average molecular weight is 316 g/mol. The van der Waals surface area contributed by atoms with Crippen LogP contribution in [0.1, 0.15) is 31.4 Å². The molecule has 110 valence electrons. The molecule has 1 saturated carbocycles. The summed E-state index contributed by atoms with van der Waals surface area (Å²) in [6.07, 6.45) is 1.63. The Morgan fingerprint density at radius 1 is 1.35 bits per heavy atom. The standard InChI is InChI=1S/C14H19Cl2N3O/c1-2-17-14(19-12-3-4-12)18-8-13(20)9-5-10(15)7-11(16)6-9/h5-7,12-13,20H,2-4,8H2,1H3,(H2,17,18,19). The van der Waals surface area contributed by atoms with E-state index in [0.29, 0.717) is 21.7 Å². The van der Waals surface area contributed by atoms with Gasteiger partial charge in [0.05, 0.1) is 12.6 Å². The number of hydrogen-bond acceptors (Lipinski definition) is 2. The molecule has 0 radical (unpaired) electrons. The topological polar surface area (TPSA) is 56.7 Å². The van der Waals surface area contributed by atoms with Crippen LogP contribution in [0.2, 0.25) is 10.0 Å². The fourth-order valence-electron chi connectivity index (χ4n) is 1.79. The van der Waals surface area contributed by atoms with E-state index in [1.165, 1.54) is 12.8 Å². The molecule has 1 aliphatic rings. The van der Waals surface area contributed by atoms with Crippen LogP contribution in [0.4, 0.5) is 0 Å². The van der Waals surface area contributed by atoms with Gasteiger partial charge in [0, 0.05) is 22.6 Å². The summed E-state index contributed by atoms with van der Waals surface area (Å²) in [5.41, 5.74) is 0.675. The Hall–Kier alpha value is -0.970. The van der Waals surface area contributed by atoms with Crippen LogP contribution in [0.15, 0.2) is 23.2 Å². The third-order valence-corrected chi connectivity index (χ3v) is 3.39. The summed E-state index contributed by atoms with van der Waals surface area (Å²) in [5.74, 6) is 0.738. The van der Waals surface area contributed by atoms with Crippen LogP contribution in [0.5, 0.6) is 0 Å². The highest BCUT2D eigenvalue weighted by molar-refractivity contribution is 6.34. The number of nitrogens with one attached hydrogen (secondary N) is 2. The second kappa shape index (κ2) is 7.16. The number of aliphatic hydroxyl groups is 1. The van der Waals surface area contributed by atoms with E-state index < -0.39 is 6.10 Å². The van der Waals surface area contributed by atoms with Gasteiger partial charge in [0.1, 0.15) is 0 Å². The number of nitrogens with zero attached hydrogens (tertiary/aromatic N) is 1. The molecule has 2 rings (SSSR count). The molecule has 0 saturated heterocycles. The molecule has 20 heavy (non-hydrogen) atoms. The van der Waals surface area contributed by atoms with E-state index in [4.69, 9.17) is 23.2 Å². The average Bonchev–Trinajstić information content (AvgIpc) is 3.18. The van der Waals surface area contributed by atoms with E-state index in [1.807, 2.05) is 6.92 Å². The Kier molecular flexibility index (Phi) is 5.52. The number of halogens is 2. The fourth-order valence-corrected chi connectivity index (χ4v) is 2.33. The summed E-state index contributed by atoms with van der Waals surface area (Å²) >= 11 is 11.9. The van der Waals surface area contributed by atoms with E-state index in [1.54, 1.807) is 18.2 Å². The number of hydrogen-bond donors (Lipinski definition) is 3. The first-order valence-electron chi connectivity index (χ1n) is 6.77. The van der Waals surface area contributed by atoms with Gasteiger partial charge in [0.2, 0.25) is 0 Å². The lowest BCUT2D eigenvalue weighted by Crippen LogP contribution is -2.38. The van der Waals surface area contributed by atoms with Crippen molar-refractivity contribution in [3.63, 3.8) is 0 Å². The molecule has 0 aromatic heterocycles. The molecule has 6 heteroatoms. The molecule has 1 atom stereocenters. The number of benzene rings is 1. The first-order valence-corrected chi connectivity index (χ1v) is 7.53. The van der Waals surface area contributed by atoms with E-state index in [9.17, 15) is 5.11 Å². The van der Waals surface area contributed by atoms with Gasteiger partial charge >= 0.3 is 0 Å². The Morgan fingerprint density at radius 3 is 2.55 bits per heavy atom. The van der Waals surface area contributed by atoms with E-state index in [2.05, 4.69) is 15.6 Å². The van der Waals surface area contributed by atoms with Crippen LogP contribution in [-0.2, 0) is 0 Å². The van der Waals surface area contributed by atoms with Crippen molar-refractivity contribution in [3.8, 4) is 0 Å². The normalized spacial score (nSPS) is 16.9. The Bertz CT molecular complexity index is 469. The maximum absolute atomic E-state index is 10.2. The van der Waals surface area contributed by atoms with Gasteiger partial charge < -0.3 is 15.7 Å². The van der Waals surface area contributed by atoms with Gasteiger partial charge in [0.15, 0.2) is 5.96 Å². The van der Waals surface area contributed by atoms with E-state index >= 15 is 0 Å². The van der Waals surface area contributed by atoms with Gasteiger partial charge in [-0.25, -0.2) is 0 Å². The summed E-state index contributed by atoms with van der Waals surface area (Å²) < 4.78 is 0. The van der Waals surface area contributed by atoms with E-state index in [0.717, 1.165) is 12.5 Å². The van der Waals surface area contributed by atoms with Crippen molar-refractivity contribution in [2.45, 2.75) is 31.9 Å². The first-order chi connectivity index (χ1) is 9.58. The molecule has 0 spiro atoms. The van der Waals surface area contributed by atoms with Gasteiger partial charge in [-0.15, -0.1) is 0 Å². The van der Waals surface area contributed by atoms with Crippen LogP contribution in [0, 0.1) is 0 Å². The molecule has 1 aliphatic carbocycles. The zero-order chi connectivity index (χ0) is 14.5. The molecule has 3 N–H and O–H groups in total. The van der Waals surface area contributed by atoms with E-state index in [-0.39, 0.29) is 6.54 Å². The Balaban J connectivity index is 1.98. The highest BCUT2D eigenvalue weighted by atomic mass is 35.5. The summed E-state index contributed by atoms with van der Waals surface area (Å²) in [7, 11) is 0. The predicted molar refractivity (Wildman–Crippen MR) is 83.6 cm³/mol. The van der Waals surface area contributed by atoms with Crippen molar-refractivity contribution < 1.29 is 5.11 Å².